The zero-order chi connectivity index (χ0) is 34.9. The molecule has 2 aromatic heterocycles. The number of esters is 2. The molecule has 1 fully saturated rings. The van der Waals surface area contributed by atoms with Crippen LogP contribution in [0.2, 0.25) is 0 Å². The molecule has 0 saturated carbocycles. The molecule has 0 aliphatic carbocycles. The number of nitrogens with one attached hydrogen (secondary N) is 1. The van der Waals surface area contributed by atoms with Crippen LogP contribution in [-0.4, -0.2) is 115 Å². The van der Waals surface area contributed by atoms with Gasteiger partial charge >= 0.3 is 261 Å². The van der Waals surface area contributed by atoms with Gasteiger partial charge in [-0.3, -0.25) is 4.79 Å². The number of hydrogen-bond acceptors (Lipinski definition) is 16. The van der Waals surface area contributed by atoms with Crippen LogP contribution in [-0.2, 0) is 37.8 Å². The topological polar surface area (TPSA) is 247 Å². The van der Waals surface area contributed by atoms with Gasteiger partial charge in [-0.05, 0) is 0 Å². The zero-order valence-corrected chi connectivity index (χ0v) is 28.5. The summed E-state index contributed by atoms with van der Waals surface area (Å²) in [5.41, 5.74) is 5.30. The van der Waals surface area contributed by atoms with E-state index in [-0.39, 0.29) is 68.2 Å². The monoisotopic (exact) mass is 687 g/mol. The van der Waals surface area contributed by atoms with Crippen molar-refractivity contribution in [3.05, 3.63) is 16.7 Å². The third-order valence-electron chi connectivity index (χ3n) is 7.33. The Balaban J connectivity index is 1.93. The fourth-order valence-electron chi connectivity index (χ4n) is 5.64. The standard InChI is InChI=1S/C28H46N7O11P/c1-16(2)35(17(3)4)47(40,11-7-9-29)46-23-21(12-36)45-27(34-14-31-22-25(34)32-28(30)33-26(22)39)24(23)43-15-41-10-8-20(44-19(6)38)13-42-18(5)37/h14,16-17,20-21,23-24,27,36,40,47H,7-8,10-13,15H2,1-6H3,(H3,30,32,33,39)/t20?,21-,23-,24-,27-/m1/s1. The average Bonchev–Trinajstić information content (AvgIpc) is 3.54. The van der Waals surface area contributed by atoms with Crippen molar-refractivity contribution >= 4 is 36.9 Å². The van der Waals surface area contributed by atoms with E-state index in [0.29, 0.717) is 0 Å². The van der Waals surface area contributed by atoms with Crippen molar-refractivity contribution in [2.45, 2.75) is 97.1 Å². The number of nitrogens with zero attached hydrogens (tertiary/aromatic N) is 5. The van der Waals surface area contributed by atoms with Crippen LogP contribution in [0.4, 0.5) is 5.95 Å². The van der Waals surface area contributed by atoms with Gasteiger partial charge in [-0.1, -0.05) is 0 Å². The van der Waals surface area contributed by atoms with Gasteiger partial charge in [-0.2, -0.15) is 0 Å². The van der Waals surface area contributed by atoms with Crippen LogP contribution in [0.3, 0.4) is 0 Å². The second-order valence-electron chi connectivity index (χ2n) is 11.6. The number of aliphatic hydroxyl groups excluding tert-OH is 1. The summed E-state index contributed by atoms with van der Waals surface area (Å²) in [4.78, 5) is 58.1. The van der Waals surface area contributed by atoms with E-state index in [9.17, 15) is 29.6 Å². The number of nitrogen functional groups attached to an aromatic ring is 1. The number of ether oxygens (including phenoxy) is 5. The van der Waals surface area contributed by atoms with Crippen LogP contribution < -0.4 is 11.3 Å². The first-order chi connectivity index (χ1) is 22.2. The maximum atomic E-state index is 12.5. The quantitative estimate of drug-likeness (QED) is 0.0730. The minimum atomic E-state index is -3.89. The SMILES string of the molecule is CC(=O)OCC(CCOCO[C@@H]1[C@H](O[PH](O)(CCC#N)N(C(C)C)C(C)C)[C@@H](CO)O[C@H]1n1cnc2c(=O)[nH]c(N)nc21)OC(C)=O. The molecule has 3 rings (SSSR count). The van der Waals surface area contributed by atoms with Gasteiger partial charge in [0.05, 0.1) is 0 Å². The first-order valence-electron chi connectivity index (χ1n) is 15.3. The third kappa shape index (κ3) is 9.87. The van der Waals surface area contributed by atoms with Crippen molar-refractivity contribution in [2.75, 3.05) is 38.5 Å². The molecule has 5 N–H and O–H groups in total. The Labute approximate surface area is 272 Å². The number of imidazole rings is 1. The van der Waals surface area contributed by atoms with Gasteiger partial charge in [-0.15, -0.1) is 0 Å². The van der Waals surface area contributed by atoms with E-state index < -0.39 is 62.6 Å². The summed E-state index contributed by atoms with van der Waals surface area (Å²) < 4.78 is 38.0. The number of H-pyrrole nitrogens is 1. The molecule has 0 aromatic carbocycles. The van der Waals surface area contributed by atoms with Gasteiger partial charge in [0.1, 0.15) is 0 Å². The van der Waals surface area contributed by atoms with Crippen LogP contribution in [0.25, 0.3) is 11.2 Å². The van der Waals surface area contributed by atoms with E-state index in [1.165, 1.54) is 24.7 Å². The summed E-state index contributed by atoms with van der Waals surface area (Å²) in [7, 11) is -3.89. The molecule has 1 aliphatic rings. The van der Waals surface area contributed by atoms with Gasteiger partial charge < -0.3 is 0 Å². The molecule has 18 nitrogen and oxygen atoms in total. The van der Waals surface area contributed by atoms with Gasteiger partial charge in [-0.25, -0.2) is 0 Å². The molecule has 1 unspecified atom stereocenters. The predicted molar refractivity (Wildman–Crippen MR) is 169 cm³/mol. The van der Waals surface area contributed by atoms with E-state index in [2.05, 4.69) is 21.0 Å². The molecule has 5 atom stereocenters. The van der Waals surface area contributed by atoms with Crippen molar-refractivity contribution in [2.24, 2.45) is 0 Å². The maximum absolute atomic E-state index is 12.5. The molecule has 0 radical (unpaired) electrons. The molecule has 0 spiro atoms. The van der Waals surface area contributed by atoms with Gasteiger partial charge in [0, 0.05) is 6.92 Å². The molecule has 3 heterocycles. The molecular weight excluding hydrogens is 641 g/mol. The summed E-state index contributed by atoms with van der Waals surface area (Å²) in [6, 6.07) is 1.76. The Hall–Kier alpha value is -3.27. The van der Waals surface area contributed by atoms with E-state index in [1.807, 2.05) is 32.4 Å². The van der Waals surface area contributed by atoms with Gasteiger partial charge in [0.25, 0.3) is 0 Å². The number of nitriles is 1. The first-order valence-corrected chi connectivity index (χ1v) is 17.3. The molecular formula is C28H46N7O11P. The van der Waals surface area contributed by atoms with E-state index in [4.69, 9.17) is 33.9 Å². The fourth-order valence-corrected chi connectivity index (χ4v) is 8.91. The summed E-state index contributed by atoms with van der Waals surface area (Å²) in [5, 5.41) is 19.8. The van der Waals surface area contributed by atoms with Crippen LogP contribution in [0, 0.1) is 11.3 Å². The number of rotatable bonds is 18. The fraction of sp³-hybridized carbons (Fsp3) is 0.714. The van der Waals surface area contributed by atoms with Crippen LogP contribution in [0.5, 0.6) is 0 Å². The number of aliphatic hydroxyl groups is 1. The second kappa shape index (κ2) is 17.2. The minimum absolute atomic E-state index is 0.0160. The van der Waals surface area contributed by atoms with Crippen molar-refractivity contribution < 1.29 is 47.8 Å². The molecule has 47 heavy (non-hydrogen) atoms. The third-order valence-corrected chi connectivity index (χ3v) is 10.7. The number of fused-ring (bicyclic) bond motifs is 1. The first kappa shape index (κ1) is 38.2. The Kier molecular flexibility index (Phi) is 14.0. The molecule has 19 heteroatoms. The number of aromatic amines is 1. The predicted octanol–water partition coefficient (Wildman–Crippen LogP) is 0.741. The number of anilines is 1. The number of carbonyl (C=O) groups excluding carboxylic acids is 2. The van der Waals surface area contributed by atoms with Crippen molar-refractivity contribution in [3.63, 3.8) is 0 Å². The van der Waals surface area contributed by atoms with Crippen LogP contribution in [0.15, 0.2) is 11.1 Å². The molecule has 2 aromatic rings. The molecule has 1 saturated heterocycles. The second-order valence-corrected chi connectivity index (χ2v) is 14.3. The Bertz CT molecular complexity index is 1440. The van der Waals surface area contributed by atoms with E-state index in [0.717, 1.165) is 0 Å². The number of carbonyl (C=O) groups is 2. The Morgan fingerprint density at radius 2 is 1.94 bits per heavy atom. The van der Waals surface area contributed by atoms with Crippen LogP contribution >= 0.6 is 7.87 Å². The number of nitrogens with two attached hydrogens (primary N) is 1. The van der Waals surface area contributed by atoms with Crippen molar-refractivity contribution in [1.82, 2.24) is 24.2 Å². The van der Waals surface area contributed by atoms with Crippen molar-refractivity contribution in [3.8, 4) is 6.07 Å². The summed E-state index contributed by atoms with van der Waals surface area (Å²) >= 11 is 0. The van der Waals surface area contributed by atoms with Crippen LogP contribution in [0.1, 0.15) is 60.6 Å². The summed E-state index contributed by atoms with van der Waals surface area (Å²) in [6.45, 7) is 9.10. The van der Waals surface area contributed by atoms with E-state index in [1.54, 1.807) is 0 Å². The summed E-state index contributed by atoms with van der Waals surface area (Å²) in [5.74, 6) is -1.24. The zero-order valence-electron chi connectivity index (χ0n) is 27.5. The normalized spacial score (nSPS) is 21.0. The molecule has 0 bridgehead atoms. The Morgan fingerprint density at radius 1 is 1.23 bits per heavy atom. The number of aromatic nitrogens is 4. The van der Waals surface area contributed by atoms with Gasteiger partial charge in [0.15, 0.2) is 0 Å². The number of hydrogen-bond donors (Lipinski definition) is 4. The molecule has 1 aliphatic heterocycles. The molecule has 264 valence electrons. The van der Waals surface area contributed by atoms with E-state index >= 15 is 0 Å². The van der Waals surface area contributed by atoms with Gasteiger partial charge in [0.2, 0.25) is 0 Å². The van der Waals surface area contributed by atoms with Crippen molar-refractivity contribution in [1.29, 1.82) is 5.26 Å². The molecule has 0 amide bonds. The summed E-state index contributed by atoms with van der Waals surface area (Å²) in [6.07, 6.45) is -3.46. The average molecular weight is 688 g/mol. The Morgan fingerprint density at radius 3 is 2.53 bits per heavy atom.